The lowest BCUT2D eigenvalue weighted by molar-refractivity contribution is 0.0398. The molecule has 1 aliphatic rings. The number of nitrogens with one attached hydrogen (secondary N) is 1. The molecule has 0 aliphatic carbocycles. The van der Waals surface area contributed by atoms with Gasteiger partial charge in [0.2, 0.25) is 0 Å². The molecule has 1 aromatic rings. The Morgan fingerprint density at radius 3 is 3.00 bits per heavy atom. The fourth-order valence-electron chi connectivity index (χ4n) is 1.70. The minimum Gasteiger partial charge on any atom is -0.384 e. The van der Waals surface area contributed by atoms with Gasteiger partial charge in [0, 0.05) is 38.1 Å². The lowest BCUT2D eigenvalue weighted by Gasteiger charge is -2.26. The number of morpholine rings is 1. The normalized spacial score (nSPS) is 17.3. The maximum absolute atomic E-state index is 5.79. The predicted octanol–water partition coefficient (Wildman–Crippen LogP) is 1.48. The smallest absolute Gasteiger partial charge is 0.131 e. The molecule has 0 aromatic carbocycles. The molecule has 0 bridgehead atoms. The quantitative estimate of drug-likeness (QED) is 0.811. The molecule has 16 heavy (non-hydrogen) atoms. The van der Waals surface area contributed by atoms with Gasteiger partial charge in [-0.25, -0.2) is 4.98 Å². The molecule has 88 valence electrons. The Hall–Kier alpha value is -0.840. The van der Waals surface area contributed by atoms with Crippen LogP contribution >= 0.6 is 11.6 Å². The van der Waals surface area contributed by atoms with Gasteiger partial charge in [0.05, 0.1) is 13.2 Å². The second-order valence-corrected chi connectivity index (χ2v) is 4.14. The van der Waals surface area contributed by atoms with Gasteiger partial charge in [-0.3, -0.25) is 4.90 Å². The largest absolute Gasteiger partial charge is 0.384 e. The predicted molar refractivity (Wildman–Crippen MR) is 65.0 cm³/mol. The molecule has 0 radical (unpaired) electrons. The van der Waals surface area contributed by atoms with E-state index in [-0.39, 0.29) is 0 Å². The first-order chi connectivity index (χ1) is 7.84. The molecule has 0 saturated carbocycles. The average molecular weight is 242 g/mol. The SMILES string of the molecule is Clc1cc(NCCN2CCOCC2)ccn1. The highest BCUT2D eigenvalue weighted by Gasteiger charge is 2.08. The number of aromatic nitrogens is 1. The van der Waals surface area contributed by atoms with Crippen LogP contribution in [0.2, 0.25) is 5.15 Å². The van der Waals surface area contributed by atoms with Crippen LogP contribution in [-0.4, -0.2) is 49.3 Å². The number of rotatable bonds is 4. The summed E-state index contributed by atoms with van der Waals surface area (Å²) in [5.74, 6) is 0. The molecule has 4 nitrogen and oxygen atoms in total. The number of hydrogen-bond donors (Lipinski definition) is 1. The summed E-state index contributed by atoms with van der Waals surface area (Å²) in [5, 5.41) is 3.85. The molecule has 2 rings (SSSR count). The first-order valence-electron chi connectivity index (χ1n) is 5.50. The Bertz CT molecular complexity index is 329. The molecule has 1 aromatic heterocycles. The summed E-state index contributed by atoms with van der Waals surface area (Å²) in [6.07, 6.45) is 1.71. The fraction of sp³-hybridized carbons (Fsp3) is 0.545. The van der Waals surface area contributed by atoms with Gasteiger partial charge < -0.3 is 10.1 Å². The maximum atomic E-state index is 5.79. The van der Waals surface area contributed by atoms with E-state index in [9.17, 15) is 0 Å². The van der Waals surface area contributed by atoms with Crippen molar-refractivity contribution in [2.24, 2.45) is 0 Å². The first kappa shape index (κ1) is 11.6. The van der Waals surface area contributed by atoms with E-state index in [0.717, 1.165) is 45.1 Å². The topological polar surface area (TPSA) is 37.4 Å². The molecular weight excluding hydrogens is 226 g/mol. The third-order valence-corrected chi connectivity index (χ3v) is 2.79. The number of pyridine rings is 1. The van der Waals surface area contributed by atoms with E-state index in [1.54, 1.807) is 6.20 Å². The van der Waals surface area contributed by atoms with Crippen molar-refractivity contribution in [3.05, 3.63) is 23.5 Å². The van der Waals surface area contributed by atoms with Crippen LogP contribution in [0.4, 0.5) is 5.69 Å². The Kier molecular flexibility index (Phi) is 4.39. The van der Waals surface area contributed by atoms with Gasteiger partial charge in [-0.15, -0.1) is 0 Å². The van der Waals surface area contributed by atoms with Crippen molar-refractivity contribution in [2.45, 2.75) is 0 Å². The Morgan fingerprint density at radius 1 is 1.44 bits per heavy atom. The van der Waals surface area contributed by atoms with Crippen LogP contribution in [0.25, 0.3) is 0 Å². The summed E-state index contributed by atoms with van der Waals surface area (Å²) in [4.78, 5) is 6.32. The highest BCUT2D eigenvalue weighted by atomic mass is 35.5. The van der Waals surface area contributed by atoms with Crippen LogP contribution in [0.15, 0.2) is 18.3 Å². The number of nitrogens with zero attached hydrogens (tertiary/aromatic N) is 2. The molecular formula is C11H16ClN3O. The average Bonchev–Trinajstić information content (AvgIpc) is 2.30. The summed E-state index contributed by atoms with van der Waals surface area (Å²) < 4.78 is 5.29. The lowest BCUT2D eigenvalue weighted by atomic mass is 10.4. The molecule has 0 unspecified atom stereocenters. The van der Waals surface area contributed by atoms with E-state index < -0.39 is 0 Å². The second kappa shape index (κ2) is 6.03. The number of ether oxygens (including phenoxy) is 1. The number of hydrogen-bond acceptors (Lipinski definition) is 4. The number of halogens is 1. The van der Waals surface area contributed by atoms with Crippen LogP contribution < -0.4 is 5.32 Å². The van der Waals surface area contributed by atoms with E-state index in [0.29, 0.717) is 5.15 Å². The van der Waals surface area contributed by atoms with Crippen LogP contribution in [0.5, 0.6) is 0 Å². The van der Waals surface area contributed by atoms with E-state index in [2.05, 4.69) is 15.2 Å². The van der Waals surface area contributed by atoms with Gasteiger partial charge in [0.15, 0.2) is 0 Å². The Morgan fingerprint density at radius 2 is 2.25 bits per heavy atom. The summed E-state index contributed by atoms with van der Waals surface area (Å²) in [7, 11) is 0. The Labute approximate surface area is 101 Å². The minimum absolute atomic E-state index is 0.524. The van der Waals surface area contributed by atoms with Crippen LogP contribution in [0.3, 0.4) is 0 Å². The minimum atomic E-state index is 0.524. The monoisotopic (exact) mass is 241 g/mol. The zero-order valence-electron chi connectivity index (χ0n) is 9.16. The molecule has 0 spiro atoms. The summed E-state index contributed by atoms with van der Waals surface area (Å²) in [6.45, 7) is 5.70. The molecule has 1 aliphatic heterocycles. The fourth-order valence-corrected chi connectivity index (χ4v) is 1.87. The first-order valence-corrected chi connectivity index (χ1v) is 5.88. The van der Waals surface area contributed by atoms with Gasteiger partial charge >= 0.3 is 0 Å². The highest BCUT2D eigenvalue weighted by Crippen LogP contribution is 2.11. The van der Waals surface area contributed by atoms with Crippen molar-refractivity contribution in [1.82, 2.24) is 9.88 Å². The summed E-state index contributed by atoms with van der Waals surface area (Å²) >= 11 is 5.79. The zero-order valence-corrected chi connectivity index (χ0v) is 9.91. The van der Waals surface area contributed by atoms with Crippen molar-refractivity contribution in [1.29, 1.82) is 0 Å². The van der Waals surface area contributed by atoms with Crippen molar-refractivity contribution in [3.8, 4) is 0 Å². The van der Waals surface area contributed by atoms with E-state index in [1.165, 1.54) is 0 Å². The molecule has 1 saturated heterocycles. The molecule has 1 N–H and O–H groups in total. The van der Waals surface area contributed by atoms with Gasteiger partial charge in [0.1, 0.15) is 5.15 Å². The molecule has 0 atom stereocenters. The standard InChI is InChI=1S/C11H16ClN3O/c12-11-9-10(1-2-14-11)13-3-4-15-5-7-16-8-6-15/h1-2,9H,3-8H2,(H,13,14). The third-order valence-electron chi connectivity index (χ3n) is 2.59. The van der Waals surface area contributed by atoms with E-state index >= 15 is 0 Å². The molecule has 5 heteroatoms. The van der Waals surface area contributed by atoms with E-state index in [1.807, 2.05) is 12.1 Å². The van der Waals surface area contributed by atoms with Crippen LogP contribution in [0, 0.1) is 0 Å². The van der Waals surface area contributed by atoms with E-state index in [4.69, 9.17) is 16.3 Å². The van der Waals surface area contributed by atoms with Crippen molar-refractivity contribution in [3.63, 3.8) is 0 Å². The van der Waals surface area contributed by atoms with Crippen molar-refractivity contribution >= 4 is 17.3 Å². The van der Waals surface area contributed by atoms with Gasteiger partial charge in [-0.1, -0.05) is 11.6 Å². The Balaban J connectivity index is 1.71. The zero-order chi connectivity index (χ0) is 11.2. The van der Waals surface area contributed by atoms with Crippen molar-refractivity contribution in [2.75, 3.05) is 44.7 Å². The van der Waals surface area contributed by atoms with Crippen LogP contribution in [-0.2, 0) is 4.74 Å². The second-order valence-electron chi connectivity index (χ2n) is 3.75. The maximum Gasteiger partial charge on any atom is 0.131 e. The van der Waals surface area contributed by atoms with Crippen molar-refractivity contribution < 1.29 is 4.74 Å². The summed E-state index contributed by atoms with van der Waals surface area (Å²) in [5.41, 5.74) is 1.02. The van der Waals surface area contributed by atoms with Gasteiger partial charge in [-0.05, 0) is 12.1 Å². The van der Waals surface area contributed by atoms with Crippen LogP contribution in [0.1, 0.15) is 0 Å². The third kappa shape index (κ3) is 3.63. The lowest BCUT2D eigenvalue weighted by Crippen LogP contribution is -2.38. The molecule has 0 amide bonds. The van der Waals surface area contributed by atoms with Gasteiger partial charge in [0.25, 0.3) is 0 Å². The van der Waals surface area contributed by atoms with Gasteiger partial charge in [-0.2, -0.15) is 0 Å². The molecule has 1 fully saturated rings. The molecule has 2 heterocycles. The number of anilines is 1. The highest BCUT2D eigenvalue weighted by molar-refractivity contribution is 6.29. The summed E-state index contributed by atoms with van der Waals surface area (Å²) in [6, 6.07) is 3.76.